The summed E-state index contributed by atoms with van der Waals surface area (Å²) in [5, 5.41) is 3.59. The summed E-state index contributed by atoms with van der Waals surface area (Å²) >= 11 is 11.7. The molecule has 166 valence electrons. The summed E-state index contributed by atoms with van der Waals surface area (Å²) in [6.45, 7) is 6.09. The number of benzene rings is 2. The Bertz CT molecular complexity index is 960. The maximum atomic E-state index is 14.2. The van der Waals surface area contributed by atoms with Crippen LogP contribution in [-0.4, -0.2) is 41.6 Å². The molecule has 0 unspecified atom stereocenters. The molecule has 2 amide bonds. The number of carbonyl (C=O) groups excluding carboxylic acids is 2. The molecule has 1 heterocycles. The molecule has 3 rings (SSSR count). The number of rotatable bonds is 3. The molecule has 8 heteroatoms. The number of likely N-dealkylation sites (tertiary alicyclic amines) is 1. The lowest BCUT2D eigenvalue weighted by Gasteiger charge is -2.39. The monoisotopic (exact) mass is 466 g/mol. The molecular weight excluding hydrogens is 442 g/mol. The summed E-state index contributed by atoms with van der Waals surface area (Å²) in [4.78, 5) is 27.0. The Morgan fingerprint density at radius 1 is 1.13 bits per heavy atom. The van der Waals surface area contributed by atoms with Gasteiger partial charge in [0.15, 0.2) is 0 Å². The molecule has 31 heavy (non-hydrogen) atoms. The van der Waals surface area contributed by atoms with Gasteiger partial charge in [-0.2, -0.15) is 0 Å². The number of ether oxygens (including phenoxy) is 1. The average Bonchev–Trinajstić information content (AvgIpc) is 2.69. The molecule has 2 aromatic carbocycles. The van der Waals surface area contributed by atoms with E-state index in [1.54, 1.807) is 56.0 Å². The van der Waals surface area contributed by atoms with Gasteiger partial charge >= 0.3 is 6.09 Å². The van der Waals surface area contributed by atoms with Crippen LogP contribution in [0.15, 0.2) is 42.5 Å². The first-order valence-electron chi connectivity index (χ1n) is 10.0. The first kappa shape index (κ1) is 23.4. The highest BCUT2D eigenvalue weighted by atomic mass is 35.5. The first-order chi connectivity index (χ1) is 14.5. The van der Waals surface area contributed by atoms with E-state index in [0.717, 1.165) is 0 Å². The minimum atomic E-state index is -0.626. The summed E-state index contributed by atoms with van der Waals surface area (Å²) in [5.74, 6) is -1.13. The Kier molecular flexibility index (Phi) is 7.12. The molecule has 0 aliphatic carbocycles. The normalized spacial score (nSPS) is 19.1. The van der Waals surface area contributed by atoms with Crippen molar-refractivity contribution in [3.05, 3.63) is 69.5 Å². The second-order valence-electron chi connectivity index (χ2n) is 8.58. The highest BCUT2D eigenvalue weighted by Gasteiger charge is 2.35. The van der Waals surface area contributed by atoms with Gasteiger partial charge < -0.3 is 15.0 Å². The fourth-order valence-electron chi connectivity index (χ4n) is 3.55. The van der Waals surface area contributed by atoms with Crippen LogP contribution in [0.4, 0.5) is 9.18 Å². The van der Waals surface area contributed by atoms with Crippen molar-refractivity contribution in [2.45, 2.75) is 44.8 Å². The fourth-order valence-corrected chi connectivity index (χ4v) is 3.79. The van der Waals surface area contributed by atoms with Crippen molar-refractivity contribution in [3.63, 3.8) is 0 Å². The summed E-state index contributed by atoms with van der Waals surface area (Å²) in [5.41, 5.74) is 0.495. The van der Waals surface area contributed by atoms with Gasteiger partial charge in [0.05, 0.1) is 5.02 Å². The van der Waals surface area contributed by atoms with Gasteiger partial charge in [0, 0.05) is 35.6 Å². The topological polar surface area (TPSA) is 58.6 Å². The SMILES string of the molecule is CC(C)(C)OC(=O)N1CC[C@@H](NC(=O)c2ccc(Cl)cc2)[C@H](c2ccc(Cl)c(F)c2)C1. The third kappa shape index (κ3) is 6.11. The molecule has 2 atom stereocenters. The lowest BCUT2D eigenvalue weighted by atomic mass is 9.85. The van der Waals surface area contributed by atoms with Crippen molar-refractivity contribution in [1.29, 1.82) is 0 Å². The molecule has 0 bridgehead atoms. The van der Waals surface area contributed by atoms with E-state index in [1.807, 2.05) is 0 Å². The largest absolute Gasteiger partial charge is 0.444 e. The molecule has 0 saturated carbocycles. The zero-order valence-corrected chi connectivity index (χ0v) is 19.1. The number of nitrogens with zero attached hydrogens (tertiary/aromatic N) is 1. The van der Waals surface area contributed by atoms with Crippen molar-refractivity contribution < 1.29 is 18.7 Å². The van der Waals surface area contributed by atoms with Crippen LogP contribution in [0.3, 0.4) is 0 Å². The minimum absolute atomic E-state index is 0.0188. The number of nitrogens with one attached hydrogen (secondary N) is 1. The van der Waals surface area contributed by atoms with Gasteiger partial charge in [0.25, 0.3) is 5.91 Å². The maximum Gasteiger partial charge on any atom is 0.410 e. The standard InChI is InChI=1S/C23H25Cl2FN2O3/c1-23(2,3)31-22(30)28-11-10-20(27-21(29)14-4-7-16(24)8-5-14)17(13-28)15-6-9-18(25)19(26)12-15/h4-9,12,17,20H,10-11,13H2,1-3H3,(H,27,29)/t17-,20+/m0/s1. The highest BCUT2D eigenvalue weighted by Crippen LogP contribution is 2.31. The zero-order valence-electron chi connectivity index (χ0n) is 17.6. The van der Waals surface area contributed by atoms with Gasteiger partial charge in [-0.1, -0.05) is 29.3 Å². The number of carbonyl (C=O) groups is 2. The van der Waals surface area contributed by atoms with Crippen LogP contribution in [0.25, 0.3) is 0 Å². The second-order valence-corrected chi connectivity index (χ2v) is 9.43. The third-order valence-electron chi connectivity index (χ3n) is 5.06. The van der Waals surface area contributed by atoms with E-state index in [0.29, 0.717) is 29.1 Å². The molecule has 0 radical (unpaired) electrons. The maximum absolute atomic E-state index is 14.2. The van der Waals surface area contributed by atoms with Gasteiger partial charge in [-0.25, -0.2) is 9.18 Å². The fraction of sp³-hybridized carbons (Fsp3) is 0.391. The number of halogens is 3. The van der Waals surface area contributed by atoms with E-state index in [-0.39, 0.29) is 29.4 Å². The third-order valence-corrected chi connectivity index (χ3v) is 5.62. The quantitative estimate of drug-likeness (QED) is 0.634. The highest BCUT2D eigenvalue weighted by molar-refractivity contribution is 6.31. The molecule has 1 fully saturated rings. The number of amides is 2. The molecule has 0 aromatic heterocycles. The Labute approximate surface area is 191 Å². The molecule has 1 aliphatic heterocycles. The van der Waals surface area contributed by atoms with Crippen LogP contribution in [0.5, 0.6) is 0 Å². The predicted molar refractivity (Wildman–Crippen MR) is 119 cm³/mol. The Hall–Kier alpha value is -2.31. The Balaban J connectivity index is 1.83. The van der Waals surface area contributed by atoms with Gasteiger partial charge in [0.2, 0.25) is 0 Å². The Morgan fingerprint density at radius 2 is 1.81 bits per heavy atom. The van der Waals surface area contributed by atoms with Gasteiger partial charge in [-0.15, -0.1) is 0 Å². The van der Waals surface area contributed by atoms with E-state index in [1.165, 1.54) is 12.1 Å². The molecule has 5 nitrogen and oxygen atoms in total. The molecule has 2 aromatic rings. The van der Waals surface area contributed by atoms with Gasteiger partial charge in [-0.05, 0) is 69.2 Å². The number of hydrogen-bond donors (Lipinski definition) is 1. The molecule has 1 aliphatic rings. The molecule has 0 spiro atoms. The van der Waals surface area contributed by atoms with Crippen molar-refractivity contribution in [1.82, 2.24) is 10.2 Å². The summed E-state index contributed by atoms with van der Waals surface area (Å²) in [7, 11) is 0. The first-order valence-corrected chi connectivity index (χ1v) is 10.8. The van der Waals surface area contributed by atoms with Crippen LogP contribution in [0.1, 0.15) is 49.0 Å². The zero-order chi connectivity index (χ0) is 22.8. The predicted octanol–water partition coefficient (Wildman–Crippen LogP) is 5.66. The van der Waals surface area contributed by atoms with E-state index >= 15 is 0 Å². The smallest absolute Gasteiger partial charge is 0.410 e. The van der Waals surface area contributed by atoms with Crippen molar-refractivity contribution in [2.24, 2.45) is 0 Å². The summed E-state index contributed by atoms with van der Waals surface area (Å²) < 4.78 is 19.7. The Morgan fingerprint density at radius 3 is 2.42 bits per heavy atom. The van der Waals surface area contributed by atoms with E-state index in [4.69, 9.17) is 27.9 Å². The van der Waals surface area contributed by atoms with Crippen molar-refractivity contribution in [2.75, 3.05) is 13.1 Å². The van der Waals surface area contributed by atoms with Crippen LogP contribution < -0.4 is 5.32 Å². The average molecular weight is 467 g/mol. The van der Waals surface area contributed by atoms with Crippen molar-refractivity contribution in [3.8, 4) is 0 Å². The van der Waals surface area contributed by atoms with E-state index in [2.05, 4.69) is 5.32 Å². The lowest BCUT2D eigenvalue weighted by molar-refractivity contribution is 0.0177. The number of hydrogen-bond acceptors (Lipinski definition) is 3. The molecular formula is C23H25Cl2FN2O3. The van der Waals surface area contributed by atoms with Crippen molar-refractivity contribution >= 4 is 35.2 Å². The van der Waals surface area contributed by atoms with Gasteiger partial charge in [-0.3, -0.25) is 4.79 Å². The summed E-state index contributed by atoms with van der Waals surface area (Å²) in [6.07, 6.45) is 0.0578. The lowest BCUT2D eigenvalue weighted by Crippen LogP contribution is -2.52. The summed E-state index contributed by atoms with van der Waals surface area (Å²) in [6, 6.07) is 10.8. The second kappa shape index (κ2) is 9.45. The van der Waals surface area contributed by atoms with E-state index < -0.39 is 17.5 Å². The van der Waals surface area contributed by atoms with Crippen LogP contribution >= 0.6 is 23.2 Å². The van der Waals surface area contributed by atoms with Crippen LogP contribution in [0.2, 0.25) is 10.0 Å². The van der Waals surface area contributed by atoms with Crippen LogP contribution in [-0.2, 0) is 4.74 Å². The minimum Gasteiger partial charge on any atom is -0.444 e. The molecule has 1 N–H and O–H groups in total. The van der Waals surface area contributed by atoms with Crippen LogP contribution in [0, 0.1) is 5.82 Å². The van der Waals surface area contributed by atoms with E-state index in [9.17, 15) is 14.0 Å². The molecule has 1 saturated heterocycles. The van der Waals surface area contributed by atoms with Gasteiger partial charge in [0.1, 0.15) is 11.4 Å². The number of piperidine rings is 1.